The maximum atomic E-state index is 9.61. The molecule has 100 valence electrons. The molecule has 4 atom stereocenters. The monoisotopic (exact) mass is 250 g/mol. The second-order valence-corrected chi connectivity index (χ2v) is 5.20. The Morgan fingerprint density at radius 2 is 2.00 bits per heavy atom. The molecule has 1 aromatic rings. The van der Waals surface area contributed by atoms with Gasteiger partial charge in [0.2, 0.25) is 0 Å². The van der Waals surface area contributed by atoms with E-state index in [1.165, 1.54) is 0 Å². The molecule has 0 saturated carbocycles. The lowest BCUT2D eigenvalue weighted by atomic mass is 9.86. The summed E-state index contributed by atoms with van der Waals surface area (Å²) in [6, 6.07) is 10.1. The molecular formula is C15H22O3. The summed E-state index contributed by atoms with van der Waals surface area (Å²) in [7, 11) is 0. The van der Waals surface area contributed by atoms with Crippen LogP contribution in [0.25, 0.3) is 0 Å². The van der Waals surface area contributed by atoms with Crippen molar-refractivity contribution in [1.29, 1.82) is 0 Å². The summed E-state index contributed by atoms with van der Waals surface area (Å²) in [5, 5.41) is 9.61. The number of ether oxygens (including phenoxy) is 2. The highest BCUT2D eigenvalue weighted by Gasteiger charge is 2.32. The molecule has 2 rings (SSSR count). The van der Waals surface area contributed by atoms with Gasteiger partial charge in [-0.25, -0.2) is 0 Å². The van der Waals surface area contributed by atoms with Crippen LogP contribution < -0.4 is 0 Å². The molecule has 1 fully saturated rings. The number of hydrogen-bond donors (Lipinski definition) is 1. The van der Waals surface area contributed by atoms with Crippen molar-refractivity contribution < 1.29 is 14.6 Å². The highest BCUT2D eigenvalue weighted by molar-refractivity contribution is 5.13. The van der Waals surface area contributed by atoms with E-state index in [0.29, 0.717) is 25.0 Å². The molecule has 3 heteroatoms. The molecule has 3 nitrogen and oxygen atoms in total. The van der Waals surface area contributed by atoms with Crippen LogP contribution >= 0.6 is 0 Å². The van der Waals surface area contributed by atoms with Crippen LogP contribution in [-0.4, -0.2) is 24.1 Å². The second-order valence-electron chi connectivity index (χ2n) is 5.20. The third-order valence-corrected chi connectivity index (χ3v) is 3.78. The average Bonchev–Trinajstić information content (AvgIpc) is 2.36. The Balaban J connectivity index is 1.79. The van der Waals surface area contributed by atoms with Gasteiger partial charge in [0.05, 0.1) is 19.3 Å². The van der Waals surface area contributed by atoms with Crippen LogP contribution in [0.4, 0.5) is 0 Å². The van der Waals surface area contributed by atoms with Gasteiger partial charge in [-0.15, -0.1) is 0 Å². The molecule has 0 bridgehead atoms. The average molecular weight is 250 g/mol. The maximum absolute atomic E-state index is 9.61. The topological polar surface area (TPSA) is 38.7 Å². The molecule has 1 heterocycles. The summed E-state index contributed by atoms with van der Waals surface area (Å²) >= 11 is 0. The van der Waals surface area contributed by atoms with E-state index in [9.17, 15) is 5.11 Å². The molecule has 1 aromatic carbocycles. The molecule has 0 aromatic heterocycles. The van der Waals surface area contributed by atoms with Gasteiger partial charge in [0.1, 0.15) is 0 Å². The van der Waals surface area contributed by atoms with Crippen molar-refractivity contribution in [2.75, 3.05) is 6.61 Å². The van der Waals surface area contributed by atoms with Gasteiger partial charge in [-0.3, -0.25) is 0 Å². The molecule has 1 N–H and O–H groups in total. The molecule has 2 unspecified atom stereocenters. The zero-order valence-electron chi connectivity index (χ0n) is 11.1. The van der Waals surface area contributed by atoms with Crippen LogP contribution in [0.3, 0.4) is 0 Å². The van der Waals surface area contributed by atoms with Crippen LogP contribution in [0.5, 0.6) is 0 Å². The fourth-order valence-corrected chi connectivity index (χ4v) is 2.34. The van der Waals surface area contributed by atoms with Gasteiger partial charge in [-0.2, -0.15) is 0 Å². The van der Waals surface area contributed by atoms with Gasteiger partial charge in [-0.05, 0) is 17.4 Å². The molecule has 1 saturated heterocycles. The Morgan fingerprint density at radius 1 is 1.28 bits per heavy atom. The van der Waals surface area contributed by atoms with Crippen molar-refractivity contribution in [3.8, 4) is 0 Å². The predicted octanol–water partition coefficient (Wildman–Crippen LogP) is 2.58. The number of benzene rings is 1. The van der Waals surface area contributed by atoms with Gasteiger partial charge in [-0.1, -0.05) is 44.2 Å². The Labute approximate surface area is 109 Å². The van der Waals surface area contributed by atoms with Gasteiger partial charge < -0.3 is 14.6 Å². The van der Waals surface area contributed by atoms with Crippen LogP contribution in [0.1, 0.15) is 25.8 Å². The highest BCUT2D eigenvalue weighted by atomic mass is 16.6. The largest absolute Gasteiger partial charge is 0.374 e. The fraction of sp³-hybridized carbons (Fsp3) is 0.600. The van der Waals surface area contributed by atoms with Gasteiger partial charge in [0.25, 0.3) is 0 Å². The molecule has 18 heavy (non-hydrogen) atoms. The summed E-state index contributed by atoms with van der Waals surface area (Å²) in [4.78, 5) is 0. The minimum Gasteiger partial charge on any atom is -0.374 e. The van der Waals surface area contributed by atoms with Crippen molar-refractivity contribution in [3.63, 3.8) is 0 Å². The van der Waals surface area contributed by atoms with Crippen LogP contribution in [0.2, 0.25) is 0 Å². The maximum Gasteiger partial charge on any atom is 0.155 e. The quantitative estimate of drug-likeness (QED) is 0.892. The number of hydrogen-bond acceptors (Lipinski definition) is 3. The van der Waals surface area contributed by atoms with Crippen molar-refractivity contribution in [1.82, 2.24) is 0 Å². The summed E-state index contributed by atoms with van der Waals surface area (Å²) < 4.78 is 11.2. The standard InChI is InChI=1S/C15H22O3/c1-11-8-15(16)18-14(12(11)2)10-17-9-13-6-4-3-5-7-13/h3-7,11-12,14-16H,8-10H2,1-2H3/t11-,12-,14?,15?/m1/s1. The third kappa shape index (κ3) is 3.55. The van der Waals surface area contributed by atoms with E-state index in [2.05, 4.69) is 13.8 Å². The summed E-state index contributed by atoms with van der Waals surface area (Å²) in [5.74, 6) is 0.892. The van der Waals surface area contributed by atoms with E-state index in [-0.39, 0.29) is 6.10 Å². The lowest BCUT2D eigenvalue weighted by molar-refractivity contribution is -0.209. The SMILES string of the molecule is C[C@@H]1CC(O)OC(COCc2ccccc2)[C@@H]1C. The van der Waals surface area contributed by atoms with E-state index < -0.39 is 6.29 Å². The van der Waals surface area contributed by atoms with Gasteiger partial charge in [0.15, 0.2) is 6.29 Å². The molecule has 0 spiro atoms. The van der Waals surface area contributed by atoms with Gasteiger partial charge in [0, 0.05) is 6.42 Å². The minimum atomic E-state index is -0.637. The number of aliphatic hydroxyl groups excluding tert-OH is 1. The zero-order valence-corrected chi connectivity index (χ0v) is 11.1. The lowest BCUT2D eigenvalue weighted by Crippen LogP contribution is -2.41. The summed E-state index contributed by atoms with van der Waals surface area (Å²) in [6.45, 7) is 5.45. The van der Waals surface area contributed by atoms with Crippen LogP contribution in [-0.2, 0) is 16.1 Å². The molecule has 0 aliphatic carbocycles. The minimum absolute atomic E-state index is 0.00698. The first-order valence-electron chi connectivity index (χ1n) is 6.62. The van der Waals surface area contributed by atoms with Crippen LogP contribution in [0.15, 0.2) is 30.3 Å². The molecule has 0 radical (unpaired) electrons. The van der Waals surface area contributed by atoms with E-state index in [1.54, 1.807) is 0 Å². The van der Waals surface area contributed by atoms with Crippen LogP contribution in [0, 0.1) is 11.8 Å². The number of rotatable bonds is 4. The van der Waals surface area contributed by atoms with E-state index in [1.807, 2.05) is 30.3 Å². The van der Waals surface area contributed by atoms with Crippen molar-refractivity contribution in [2.45, 2.75) is 39.3 Å². The summed E-state index contributed by atoms with van der Waals surface area (Å²) in [5.41, 5.74) is 1.16. The molecular weight excluding hydrogens is 228 g/mol. The highest BCUT2D eigenvalue weighted by Crippen LogP contribution is 2.29. The van der Waals surface area contributed by atoms with E-state index in [0.717, 1.165) is 12.0 Å². The van der Waals surface area contributed by atoms with Gasteiger partial charge >= 0.3 is 0 Å². The first-order chi connectivity index (χ1) is 8.66. The zero-order chi connectivity index (χ0) is 13.0. The van der Waals surface area contributed by atoms with E-state index >= 15 is 0 Å². The normalized spacial score (nSPS) is 32.4. The van der Waals surface area contributed by atoms with Crippen molar-refractivity contribution in [2.24, 2.45) is 11.8 Å². The number of aliphatic hydroxyl groups is 1. The van der Waals surface area contributed by atoms with Crippen molar-refractivity contribution >= 4 is 0 Å². The molecule has 1 aliphatic heterocycles. The van der Waals surface area contributed by atoms with Crippen molar-refractivity contribution in [3.05, 3.63) is 35.9 Å². The lowest BCUT2D eigenvalue weighted by Gasteiger charge is -2.36. The Kier molecular flexibility index (Phi) is 4.75. The fourth-order valence-electron chi connectivity index (χ4n) is 2.34. The Hall–Kier alpha value is -0.900. The summed E-state index contributed by atoms with van der Waals surface area (Å²) in [6.07, 6.45) is 0.0741. The first kappa shape index (κ1) is 13.5. The smallest absolute Gasteiger partial charge is 0.155 e. The Morgan fingerprint density at radius 3 is 2.72 bits per heavy atom. The molecule has 0 amide bonds. The first-order valence-corrected chi connectivity index (χ1v) is 6.62. The predicted molar refractivity (Wildman–Crippen MR) is 69.9 cm³/mol. The molecule has 1 aliphatic rings. The Bertz CT molecular complexity index is 352. The van der Waals surface area contributed by atoms with E-state index in [4.69, 9.17) is 9.47 Å². The second kappa shape index (κ2) is 6.32. The third-order valence-electron chi connectivity index (χ3n) is 3.78.